The maximum atomic E-state index is 12.4. The molecule has 4 nitrogen and oxygen atoms in total. The van der Waals surface area contributed by atoms with Gasteiger partial charge < -0.3 is 10.1 Å². The molecule has 0 atom stereocenters. The van der Waals surface area contributed by atoms with Crippen LogP contribution in [0.15, 0.2) is 21.1 Å². The van der Waals surface area contributed by atoms with E-state index in [0.29, 0.717) is 24.3 Å². The minimum Gasteiger partial charge on any atom is -0.495 e. The van der Waals surface area contributed by atoms with Crippen molar-refractivity contribution in [1.82, 2.24) is 0 Å². The number of hydrogen-bond donors (Lipinski definition) is 1. The van der Waals surface area contributed by atoms with Crippen LogP contribution in [0, 0.1) is 16.7 Å². The van der Waals surface area contributed by atoms with Crippen LogP contribution < -0.4 is 10.1 Å². The van der Waals surface area contributed by atoms with Gasteiger partial charge in [-0.3, -0.25) is 4.79 Å². The molecule has 0 radical (unpaired) electrons. The predicted octanol–water partition coefficient (Wildman–Crippen LogP) is 4.49. The molecule has 0 saturated heterocycles. The number of nitriles is 1. The predicted molar refractivity (Wildman–Crippen MR) is 85.7 cm³/mol. The van der Waals surface area contributed by atoms with Gasteiger partial charge in [-0.1, -0.05) is 13.8 Å². The number of carbonyl (C=O) groups is 1. The quantitative estimate of drug-likeness (QED) is 0.787. The topological polar surface area (TPSA) is 62.1 Å². The van der Waals surface area contributed by atoms with Gasteiger partial charge in [0.1, 0.15) is 11.2 Å². The van der Waals surface area contributed by atoms with Crippen molar-refractivity contribution in [3.8, 4) is 11.8 Å². The molecule has 0 aliphatic rings. The monoisotopic (exact) mass is 402 g/mol. The highest BCUT2D eigenvalue weighted by atomic mass is 79.9. The summed E-state index contributed by atoms with van der Waals surface area (Å²) in [6.45, 7) is 3.67. The molecule has 1 amide bonds. The lowest BCUT2D eigenvalue weighted by Crippen LogP contribution is -2.34. The third-order valence-electron chi connectivity index (χ3n) is 3.35. The number of amides is 1. The van der Waals surface area contributed by atoms with Crippen molar-refractivity contribution < 1.29 is 9.53 Å². The second-order valence-corrected chi connectivity index (χ2v) is 6.03. The molecule has 108 valence electrons. The van der Waals surface area contributed by atoms with E-state index in [1.807, 2.05) is 13.8 Å². The molecule has 0 heterocycles. The molecule has 0 aliphatic carbocycles. The van der Waals surface area contributed by atoms with Gasteiger partial charge in [0.15, 0.2) is 0 Å². The van der Waals surface area contributed by atoms with Gasteiger partial charge >= 0.3 is 0 Å². The van der Waals surface area contributed by atoms with E-state index < -0.39 is 5.41 Å². The molecule has 6 heteroatoms. The molecular formula is C14H16Br2N2O2. The van der Waals surface area contributed by atoms with Gasteiger partial charge in [-0.2, -0.15) is 5.26 Å². The van der Waals surface area contributed by atoms with Crippen LogP contribution >= 0.6 is 31.9 Å². The molecule has 0 bridgehead atoms. The molecule has 0 aromatic heterocycles. The Bertz CT molecular complexity index is 549. The van der Waals surface area contributed by atoms with Crippen LogP contribution in [0.5, 0.6) is 5.75 Å². The third-order valence-corrected chi connectivity index (χ3v) is 4.62. The second kappa shape index (κ2) is 7.09. The van der Waals surface area contributed by atoms with Gasteiger partial charge in [-0.05, 0) is 50.8 Å². The standard InChI is InChI=1S/C14H16Br2N2O2/c1-4-14(5-2,8-17)13(19)18-11-7-12(20-3)10(16)6-9(11)15/h6-7H,4-5H2,1-3H3,(H,18,19). The zero-order valence-corrected chi connectivity index (χ0v) is 14.8. The van der Waals surface area contributed by atoms with E-state index in [2.05, 4.69) is 43.2 Å². The average Bonchev–Trinajstić information content (AvgIpc) is 2.44. The van der Waals surface area contributed by atoms with E-state index in [-0.39, 0.29) is 5.91 Å². The lowest BCUT2D eigenvalue weighted by molar-refractivity contribution is -0.123. The summed E-state index contributed by atoms with van der Waals surface area (Å²) in [6.07, 6.45) is 0.939. The molecule has 20 heavy (non-hydrogen) atoms. The Kier molecular flexibility index (Phi) is 6.03. The molecule has 0 spiro atoms. The number of methoxy groups -OCH3 is 1. The Balaban J connectivity index is 3.11. The van der Waals surface area contributed by atoms with Crippen molar-refractivity contribution in [2.75, 3.05) is 12.4 Å². The van der Waals surface area contributed by atoms with E-state index in [1.165, 1.54) is 0 Å². The molecule has 1 aromatic rings. The minimum absolute atomic E-state index is 0.296. The van der Waals surface area contributed by atoms with Gasteiger partial charge in [0, 0.05) is 10.5 Å². The summed E-state index contributed by atoms with van der Waals surface area (Å²) in [6, 6.07) is 5.63. The summed E-state index contributed by atoms with van der Waals surface area (Å²) in [5.41, 5.74) is -0.420. The fraction of sp³-hybridized carbons (Fsp3) is 0.429. The van der Waals surface area contributed by atoms with Crippen LogP contribution in [-0.4, -0.2) is 13.0 Å². The van der Waals surface area contributed by atoms with E-state index in [0.717, 1.165) is 8.95 Å². The Morgan fingerprint density at radius 1 is 1.35 bits per heavy atom. The molecule has 0 aliphatic heterocycles. The van der Waals surface area contributed by atoms with Crippen molar-refractivity contribution in [3.05, 3.63) is 21.1 Å². The summed E-state index contributed by atoms with van der Waals surface area (Å²) in [5, 5.41) is 12.1. The van der Waals surface area contributed by atoms with Gasteiger partial charge in [-0.15, -0.1) is 0 Å². The summed E-state index contributed by atoms with van der Waals surface area (Å²) in [4.78, 5) is 12.4. The fourth-order valence-electron chi connectivity index (χ4n) is 1.80. The van der Waals surface area contributed by atoms with Crippen LogP contribution in [-0.2, 0) is 4.79 Å². The second-order valence-electron chi connectivity index (χ2n) is 4.32. The van der Waals surface area contributed by atoms with E-state index >= 15 is 0 Å². The van der Waals surface area contributed by atoms with Gasteiger partial charge in [0.2, 0.25) is 5.91 Å². The molecule has 1 aromatic carbocycles. The number of ether oxygens (including phenoxy) is 1. The minimum atomic E-state index is -1.00. The Morgan fingerprint density at radius 2 is 1.95 bits per heavy atom. The first-order chi connectivity index (χ1) is 9.43. The maximum absolute atomic E-state index is 12.4. The number of hydrogen-bond acceptors (Lipinski definition) is 3. The zero-order valence-electron chi connectivity index (χ0n) is 11.6. The maximum Gasteiger partial charge on any atom is 0.244 e. The number of nitrogens with zero attached hydrogens (tertiary/aromatic N) is 1. The molecule has 0 unspecified atom stereocenters. The summed E-state index contributed by atoms with van der Waals surface area (Å²) < 4.78 is 6.70. The Labute approximate surface area is 135 Å². The number of halogens is 2. The zero-order chi connectivity index (χ0) is 15.3. The van der Waals surface area contributed by atoms with E-state index in [4.69, 9.17) is 4.74 Å². The van der Waals surface area contributed by atoms with E-state index in [1.54, 1.807) is 19.2 Å². The van der Waals surface area contributed by atoms with Crippen molar-refractivity contribution in [1.29, 1.82) is 5.26 Å². The molecular weight excluding hydrogens is 388 g/mol. The SMILES string of the molecule is CCC(C#N)(CC)C(=O)Nc1cc(OC)c(Br)cc1Br. The normalized spacial score (nSPS) is 10.8. The first-order valence-corrected chi connectivity index (χ1v) is 7.78. The largest absolute Gasteiger partial charge is 0.495 e. The van der Waals surface area contributed by atoms with Gasteiger partial charge in [0.05, 0.1) is 23.3 Å². The number of rotatable bonds is 5. The van der Waals surface area contributed by atoms with Crippen LogP contribution in [0.1, 0.15) is 26.7 Å². The summed E-state index contributed by atoms with van der Waals surface area (Å²) in [7, 11) is 1.55. The molecule has 0 fully saturated rings. The average molecular weight is 404 g/mol. The smallest absolute Gasteiger partial charge is 0.244 e. The Hall–Kier alpha value is -1.06. The Morgan fingerprint density at radius 3 is 2.40 bits per heavy atom. The summed E-state index contributed by atoms with van der Waals surface area (Å²) in [5.74, 6) is 0.314. The fourth-order valence-corrected chi connectivity index (χ4v) is 3.06. The van der Waals surface area contributed by atoms with Crippen molar-refractivity contribution >= 4 is 43.5 Å². The van der Waals surface area contributed by atoms with E-state index in [9.17, 15) is 10.1 Å². The van der Waals surface area contributed by atoms with Gasteiger partial charge in [-0.25, -0.2) is 0 Å². The molecule has 0 saturated carbocycles. The van der Waals surface area contributed by atoms with Gasteiger partial charge in [0.25, 0.3) is 0 Å². The lowest BCUT2D eigenvalue weighted by Gasteiger charge is -2.22. The number of nitrogens with one attached hydrogen (secondary N) is 1. The molecule has 1 rings (SSSR count). The van der Waals surface area contributed by atoms with Crippen LogP contribution in [0.2, 0.25) is 0 Å². The highest BCUT2D eigenvalue weighted by Crippen LogP contribution is 2.36. The summed E-state index contributed by atoms with van der Waals surface area (Å²) >= 11 is 6.76. The highest BCUT2D eigenvalue weighted by Gasteiger charge is 2.35. The molecule has 1 N–H and O–H groups in total. The number of benzene rings is 1. The lowest BCUT2D eigenvalue weighted by atomic mass is 9.83. The number of carbonyl (C=O) groups excluding carboxylic acids is 1. The first-order valence-electron chi connectivity index (χ1n) is 6.19. The third kappa shape index (κ3) is 3.33. The van der Waals surface area contributed by atoms with Crippen molar-refractivity contribution in [2.24, 2.45) is 5.41 Å². The van der Waals surface area contributed by atoms with Crippen molar-refractivity contribution in [3.63, 3.8) is 0 Å². The van der Waals surface area contributed by atoms with Crippen LogP contribution in [0.4, 0.5) is 5.69 Å². The van der Waals surface area contributed by atoms with Crippen LogP contribution in [0.3, 0.4) is 0 Å². The van der Waals surface area contributed by atoms with Crippen LogP contribution in [0.25, 0.3) is 0 Å². The number of anilines is 1. The van der Waals surface area contributed by atoms with Crippen molar-refractivity contribution in [2.45, 2.75) is 26.7 Å². The highest BCUT2D eigenvalue weighted by molar-refractivity contribution is 9.11. The first kappa shape index (κ1) is 17.0.